The minimum atomic E-state index is -0.347. The predicted molar refractivity (Wildman–Crippen MR) is 148 cm³/mol. The van der Waals surface area contributed by atoms with Crippen LogP contribution in [0.3, 0.4) is 0 Å². The number of urea groups is 1. The monoisotopic (exact) mass is 514 g/mol. The summed E-state index contributed by atoms with van der Waals surface area (Å²) in [5.74, 6) is 0. The normalized spacial score (nSPS) is 10.9. The summed E-state index contributed by atoms with van der Waals surface area (Å²) in [4.78, 5) is 21.5. The third kappa shape index (κ3) is 5.39. The number of nitrogens with one attached hydrogen (secondary N) is 2. The molecule has 0 saturated carbocycles. The van der Waals surface area contributed by atoms with Crippen molar-refractivity contribution < 1.29 is 9.90 Å². The van der Waals surface area contributed by atoms with Gasteiger partial charge in [0.2, 0.25) is 0 Å². The number of carbonyl (C=O) groups is 1. The summed E-state index contributed by atoms with van der Waals surface area (Å²) in [6.07, 6.45) is 3.22. The molecule has 2 heterocycles. The van der Waals surface area contributed by atoms with E-state index in [0.717, 1.165) is 45.4 Å². The van der Waals surface area contributed by atoms with E-state index in [1.54, 1.807) is 41.9 Å². The van der Waals surface area contributed by atoms with Gasteiger partial charge < -0.3 is 15.7 Å². The highest BCUT2D eigenvalue weighted by atomic mass is 35.5. The van der Waals surface area contributed by atoms with E-state index >= 15 is 0 Å². The summed E-state index contributed by atoms with van der Waals surface area (Å²) in [6.45, 7) is 0.198. The molecule has 0 aliphatic rings. The van der Waals surface area contributed by atoms with Gasteiger partial charge in [0.05, 0.1) is 15.9 Å². The lowest BCUT2D eigenvalue weighted by atomic mass is 10.0. The zero-order valence-electron chi connectivity index (χ0n) is 19.2. The number of carbonyl (C=O) groups excluding carboxylic acids is 1. The molecule has 0 aliphatic carbocycles. The number of aromatic nitrogens is 2. The Balaban J connectivity index is 1.34. The highest BCUT2D eigenvalue weighted by Gasteiger charge is 2.14. The predicted octanol–water partition coefficient (Wildman–Crippen LogP) is 7.25. The number of fused-ring (bicyclic) bond motifs is 1. The van der Waals surface area contributed by atoms with Crippen molar-refractivity contribution in [3.63, 3.8) is 0 Å². The van der Waals surface area contributed by atoms with Crippen molar-refractivity contribution in [1.29, 1.82) is 0 Å². The third-order valence-corrected chi connectivity index (χ3v) is 6.95. The number of thiophene rings is 1. The van der Waals surface area contributed by atoms with Crippen molar-refractivity contribution in [3.8, 4) is 22.4 Å². The standard InChI is InChI=1S/C28H23ClN4O2S/c29-21-4-1-5-23(15-21)33-28(35)32-22-12-10-20(11-13-22)25-27-26(31-17-30-25)24(16-36-27)19-8-6-18(7-9-19)3-2-14-34/h1,4-13,15-17,34H,2-3,14H2,(H2,32,33,35). The summed E-state index contributed by atoms with van der Waals surface area (Å²) < 4.78 is 1.01. The molecule has 0 spiro atoms. The van der Waals surface area contributed by atoms with Crippen molar-refractivity contribution in [2.24, 2.45) is 0 Å². The molecule has 0 radical (unpaired) electrons. The number of amides is 2. The minimum absolute atomic E-state index is 0.198. The van der Waals surface area contributed by atoms with Gasteiger partial charge in [-0.3, -0.25) is 0 Å². The quantitative estimate of drug-likeness (QED) is 0.213. The molecule has 3 aromatic carbocycles. The van der Waals surface area contributed by atoms with Gasteiger partial charge in [-0.15, -0.1) is 11.3 Å². The molecule has 0 fully saturated rings. The number of hydrogen-bond donors (Lipinski definition) is 3. The van der Waals surface area contributed by atoms with E-state index in [0.29, 0.717) is 16.4 Å². The molecule has 0 unspecified atom stereocenters. The maximum Gasteiger partial charge on any atom is 0.323 e. The fourth-order valence-corrected chi connectivity index (χ4v) is 5.20. The lowest BCUT2D eigenvalue weighted by Gasteiger charge is -2.09. The first-order chi connectivity index (χ1) is 17.6. The van der Waals surface area contributed by atoms with Crippen LogP contribution in [0.1, 0.15) is 12.0 Å². The topological polar surface area (TPSA) is 87.1 Å². The largest absolute Gasteiger partial charge is 0.396 e. The molecule has 5 aromatic rings. The average Bonchev–Trinajstić information content (AvgIpc) is 3.33. The van der Waals surface area contributed by atoms with Gasteiger partial charge in [0.1, 0.15) is 6.33 Å². The Morgan fingerprint density at radius 3 is 2.42 bits per heavy atom. The molecule has 5 rings (SSSR count). The van der Waals surface area contributed by atoms with E-state index < -0.39 is 0 Å². The molecule has 2 aromatic heterocycles. The Labute approximate surface area is 217 Å². The van der Waals surface area contributed by atoms with Gasteiger partial charge in [-0.2, -0.15) is 0 Å². The Bertz CT molecular complexity index is 1500. The van der Waals surface area contributed by atoms with Crippen molar-refractivity contribution in [2.45, 2.75) is 12.8 Å². The zero-order valence-corrected chi connectivity index (χ0v) is 20.8. The third-order valence-electron chi connectivity index (χ3n) is 5.74. The van der Waals surface area contributed by atoms with Gasteiger partial charge in [0, 0.05) is 39.5 Å². The van der Waals surface area contributed by atoms with E-state index in [4.69, 9.17) is 16.7 Å². The van der Waals surface area contributed by atoms with Crippen LogP contribution < -0.4 is 10.6 Å². The SMILES string of the molecule is O=C(Nc1ccc(-c2ncnc3c(-c4ccc(CCCO)cc4)csc23)cc1)Nc1cccc(Cl)c1. The fraction of sp³-hybridized carbons (Fsp3) is 0.107. The summed E-state index contributed by atoms with van der Waals surface area (Å²) in [5, 5.41) is 17.3. The Morgan fingerprint density at radius 1 is 0.917 bits per heavy atom. The molecule has 36 heavy (non-hydrogen) atoms. The lowest BCUT2D eigenvalue weighted by molar-refractivity contribution is 0.262. The van der Waals surface area contributed by atoms with Gasteiger partial charge in [0.25, 0.3) is 0 Å². The lowest BCUT2D eigenvalue weighted by Crippen LogP contribution is -2.19. The number of halogens is 1. The van der Waals surface area contributed by atoms with Crippen LogP contribution in [-0.4, -0.2) is 27.7 Å². The van der Waals surface area contributed by atoms with Crippen LogP contribution in [0.5, 0.6) is 0 Å². The smallest absolute Gasteiger partial charge is 0.323 e. The number of aliphatic hydroxyl groups excluding tert-OH is 1. The van der Waals surface area contributed by atoms with Crippen molar-refractivity contribution in [1.82, 2.24) is 9.97 Å². The van der Waals surface area contributed by atoms with E-state index in [1.165, 1.54) is 5.56 Å². The number of benzene rings is 3. The van der Waals surface area contributed by atoms with Crippen LogP contribution in [0.25, 0.3) is 32.6 Å². The number of hydrogen-bond acceptors (Lipinski definition) is 5. The van der Waals surface area contributed by atoms with E-state index in [2.05, 4.69) is 50.2 Å². The first kappa shape index (κ1) is 23.9. The number of nitrogens with zero attached hydrogens (tertiary/aromatic N) is 2. The average molecular weight is 515 g/mol. The van der Waals surface area contributed by atoms with Gasteiger partial charge in [-0.05, 0) is 54.3 Å². The first-order valence-electron chi connectivity index (χ1n) is 11.5. The molecule has 2 amide bonds. The van der Waals surface area contributed by atoms with Gasteiger partial charge >= 0.3 is 6.03 Å². The second-order valence-corrected chi connectivity index (χ2v) is 9.56. The van der Waals surface area contributed by atoms with Crippen LogP contribution in [-0.2, 0) is 6.42 Å². The highest BCUT2D eigenvalue weighted by Crippen LogP contribution is 2.37. The molecule has 8 heteroatoms. The summed E-state index contributed by atoms with van der Waals surface area (Å²) in [5.41, 5.74) is 7.37. The van der Waals surface area contributed by atoms with Crippen LogP contribution in [0, 0.1) is 0 Å². The molecule has 0 atom stereocenters. The molecule has 0 bridgehead atoms. The molecule has 3 N–H and O–H groups in total. The van der Waals surface area contributed by atoms with Crippen molar-refractivity contribution in [2.75, 3.05) is 17.2 Å². The molecular formula is C28H23ClN4O2S. The number of anilines is 2. The van der Waals surface area contributed by atoms with Crippen molar-refractivity contribution in [3.05, 3.63) is 95.1 Å². The van der Waals surface area contributed by atoms with Gasteiger partial charge in [-0.1, -0.05) is 54.1 Å². The molecule has 0 aliphatic heterocycles. The second-order valence-electron chi connectivity index (χ2n) is 8.24. The second kappa shape index (κ2) is 10.9. The van der Waals surface area contributed by atoms with Crippen LogP contribution in [0.4, 0.5) is 16.2 Å². The maximum absolute atomic E-state index is 12.3. The number of aliphatic hydroxyl groups is 1. The van der Waals surface area contributed by atoms with E-state index in [1.807, 2.05) is 24.3 Å². The first-order valence-corrected chi connectivity index (χ1v) is 12.7. The Morgan fingerprint density at radius 2 is 1.67 bits per heavy atom. The maximum atomic E-state index is 12.3. The molecular weight excluding hydrogens is 492 g/mol. The Hall–Kier alpha value is -3.78. The van der Waals surface area contributed by atoms with E-state index in [-0.39, 0.29) is 12.6 Å². The van der Waals surface area contributed by atoms with Gasteiger partial charge in [0.15, 0.2) is 0 Å². The fourth-order valence-electron chi connectivity index (χ4n) is 3.97. The van der Waals surface area contributed by atoms with Gasteiger partial charge in [-0.25, -0.2) is 14.8 Å². The summed E-state index contributed by atoms with van der Waals surface area (Å²) in [6, 6.07) is 22.6. The zero-order chi connectivity index (χ0) is 24.9. The van der Waals surface area contributed by atoms with Crippen LogP contribution in [0.15, 0.2) is 84.5 Å². The highest BCUT2D eigenvalue weighted by molar-refractivity contribution is 7.18. The number of aryl methyl sites for hydroxylation is 1. The summed E-state index contributed by atoms with van der Waals surface area (Å²) >= 11 is 7.59. The van der Waals surface area contributed by atoms with Crippen LogP contribution >= 0.6 is 22.9 Å². The summed E-state index contributed by atoms with van der Waals surface area (Å²) in [7, 11) is 0. The van der Waals surface area contributed by atoms with Crippen molar-refractivity contribution >= 4 is 50.6 Å². The molecule has 6 nitrogen and oxygen atoms in total. The molecule has 0 saturated heterocycles. The Kier molecular flexibility index (Phi) is 7.23. The minimum Gasteiger partial charge on any atom is -0.396 e. The van der Waals surface area contributed by atoms with Crippen LogP contribution in [0.2, 0.25) is 5.02 Å². The van der Waals surface area contributed by atoms with E-state index in [9.17, 15) is 4.79 Å². The number of rotatable bonds is 7. The molecule has 180 valence electrons.